The Kier molecular flexibility index (Phi) is 3.39. The molecule has 0 heterocycles. The highest BCUT2D eigenvalue weighted by Crippen LogP contribution is 2.53. The smallest absolute Gasteiger partial charge is 0.310 e. The van der Waals surface area contributed by atoms with Gasteiger partial charge in [-0.1, -0.05) is 13.8 Å². The molecule has 0 aromatic heterocycles. The molecule has 0 saturated heterocycles. The van der Waals surface area contributed by atoms with Crippen LogP contribution in [-0.2, 0) is 9.53 Å². The molecule has 94 valence electrons. The van der Waals surface area contributed by atoms with Crippen LogP contribution in [0.1, 0.15) is 48.0 Å². The Morgan fingerprint density at radius 1 is 1.44 bits per heavy atom. The van der Waals surface area contributed by atoms with Gasteiger partial charge in [0, 0.05) is 6.04 Å². The third-order valence-corrected chi connectivity index (χ3v) is 3.67. The summed E-state index contributed by atoms with van der Waals surface area (Å²) in [5, 5.41) is 0. The summed E-state index contributed by atoms with van der Waals surface area (Å²) in [5.74, 6) is 0.349. The summed E-state index contributed by atoms with van der Waals surface area (Å²) < 4.78 is 5.43. The third-order valence-electron chi connectivity index (χ3n) is 3.67. The lowest BCUT2D eigenvalue weighted by Crippen LogP contribution is -2.56. The first kappa shape index (κ1) is 13.5. The summed E-state index contributed by atoms with van der Waals surface area (Å²) in [4.78, 5) is 12.0. The van der Waals surface area contributed by atoms with Gasteiger partial charge < -0.3 is 10.5 Å². The Hall–Kier alpha value is -0.570. The van der Waals surface area contributed by atoms with Crippen molar-refractivity contribution >= 4 is 5.97 Å². The molecule has 2 N–H and O–H groups in total. The van der Waals surface area contributed by atoms with Gasteiger partial charge in [-0.05, 0) is 45.4 Å². The second-order valence-electron chi connectivity index (χ2n) is 6.61. The number of rotatable bonds is 2. The molecule has 0 spiro atoms. The number of hydrogen-bond acceptors (Lipinski definition) is 3. The Balaban J connectivity index is 2.63. The molecule has 3 heteroatoms. The van der Waals surface area contributed by atoms with E-state index in [0.717, 1.165) is 6.42 Å². The van der Waals surface area contributed by atoms with E-state index in [1.165, 1.54) is 0 Å². The molecule has 0 amide bonds. The number of hydrogen-bond donors (Lipinski definition) is 1. The predicted molar refractivity (Wildman–Crippen MR) is 64.9 cm³/mol. The van der Waals surface area contributed by atoms with E-state index in [4.69, 9.17) is 10.5 Å². The van der Waals surface area contributed by atoms with Gasteiger partial charge >= 0.3 is 5.97 Å². The Morgan fingerprint density at radius 3 is 2.25 bits per heavy atom. The van der Waals surface area contributed by atoms with Crippen molar-refractivity contribution < 1.29 is 9.53 Å². The molecule has 0 aliphatic heterocycles. The normalized spacial score (nSPS) is 30.4. The van der Waals surface area contributed by atoms with Crippen molar-refractivity contribution in [2.45, 2.75) is 59.6 Å². The van der Waals surface area contributed by atoms with Gasteiger partial charge in [0.05, 0.1) is 5.92 Å². The number of carbonyl (C=O) groups is 1. The lowest BCUT2D eigenvalue weighted by atomic mass is 9.53. The molecular weight excluding hydrogens is 202 g/mol. The molecule has 1 saturated carbocycles. The van der Waals surface area contributed by atoms with Gasteiger partial charge in [0.15, 0.2) is 0 Å². The van der Waals surface area contributed by atoms with Gasteiger partial charge in [0.1, 0.15) is 5.60 Å². The minimum Gasteiger partial charge on any atom is -0.460 e. The molecule has 0 bridgehead atoms. The van der Waals surface area contributed by atoms with Crippen molar-refractivity contribution in [2.75, 3.05) is 0 Å². The van der Waals surface area contributed by atoms with E-state index in [9.17, 15) is 4.79 Å². The Labute approximate surface area is 98.7 Å². The van der Waals surface area contributed by atoms with Crippen LogP contribution in [-0.4, -0.2) is 17.6 Å². The first-order valence-electron chi connectivity index (χ1n) is 6.04. The van der Waals surface area contributed by atoms with Gasteiger partial charge in [0.2, 0.25) is 0 Å². The van der Waals surface area contributed by atoms with Crippen molar-refractivity contribution in [3.63, 3.8) is 0 Å². The van der Waals surface area contributed by atoms with E-state index < -0.39 is 5.60 Å². The summed E-state index contributed by atoms with van der Waals surface area (Å²) in [6.45, 7) is 11.9. The molecule has 1 fully saturated rings. The minimum absolute atomic E-state index is 0.00252. The average molecular weight is 227 g/mol. The van der Waals surface area contributed by atoms with Crippen LogP contribution in [0, 0.1) is 17.3 Å². The van der Waals surface area contributed by atoms with E-state index in [0.29, 0.717) is 5.92 Å². The Morgan fingerprint density at radius 2 is 1.94 bits per heavy atom. The molecule has 3 atom stereocenters. The number of ether oxygens (including phenoxy) is 1. The summed E-state index contributed by atoms with van der Waals surface area (Å²) in [5.41, 5.74) is 5.48. The van der Waals surface area contributed by atoms with Crippen molar-refractivity contribution in [3.8, 4) is 0 Å². The predicted octanol–water partition coefficient (Wildman–Crippen LogP) is 2.34. The van der Waals surface area contributed by atoms with E-state index in [1.807, 2.05) is 27.7 Å². The lowest BCUT2D eigenvalue weighted by molar-refractivity contribution is -0.177. The van der Waals surface area contributed by atoms with Crippen molar-refractivity contribution in [1.82, 2.24) is 0 Å². The molecule has 3 nitrogen and oxygen atoms in total. The van der Waals surface area contributed by atoms with E-state index >= 15 is 0 Å². The van der Waals surface area contributed by atoms with Crippen LogP contribution < -0.4 is 5.73 Å². The standard InChI is InChI=1S/C13H25NO2/c1-8(14)9-7-10(13(9,5)6)11(15)16-12(2,3)4/h8-10H,7,14H2,1-6H3/t8-,9+,10-/m1/s1. The maximum absolute atomic E-state index is 12.0. The molecule has 1 rings (SSSR count). The molecule has 0 aromatic carbocycles. The highest BCUT2D eigenvalue weighted by molar-refractivity contribution is 5.75. The first-order valence-corrected chi connectivity index (χ1v) is 6.04. The number of nitrogens with two attached hydrogens (primary N) is 1. The third kappa shape index (κ3) is 2.57. The monoisotopic (exact) mass is 227 g/mol. The molecular formula is C13H25NO2. The average Bonchev–Trinajstić information content (AvgIpc) is 1.97. The topological polar surface area (TPSA) is 52.3 Å². The van der Waals surface area contributed by atoms with Gasteiger partial charge in [0.25, 0.3) is 0 Å². The Bertz CT molecular complexity index is 276. The fourth-order valence-corrected chi connectivity index (χ4v) is 2.62. The van der Waals surface area contributed by atoms with Crippen LogP contribution in [0.5, 0.6) is 0 Å². The molecule has 0 radical (unpaired) electrons. The van der Waals surface area contributed by atoms with Crippen LogP contribution in [0.25, 0.3) is 0 Å². The molecule has 0 aromatic rings. The highest BCUT2D eigenvalue weighted by Gasteiger charge is 2.54. The van der Waals surface area contributed by atoms with E-state index in [2.05, 4.69) is 13.8 Å². The zero-order valence-electron chi connectivity index (χ0n) is 11.3. The SMILES string of the molecule is C[C@@H](N)[C@@H]1C[C@H](C(=O)OC(C)(C)C)C1(C)C. The quantitative estimate of drug-likeness (QED) is 0.737. The molecule has 1 aliphatic carbocycles. The molecule has 1 aliphatic rings. The second kappa shape index (κ2) is 4.02. The van der Waals surface area contributed by atoms with Gasteiger partial charge in [-0.3, -0.25) is 4.79 Å². The van der Waals surface area contributed by atoms with Gasteiger partial charge in [-0.2, -0.15) is 0 Å². The fourth-order valence-electron chi connectivity index (χ4n) is 2.62. The first-order chi connectivity index (χ1) is 7.05. The number of esters is 1. The lowest BCUT2D eigenvalue weighted by Gasteiger charge is -2.52. The van der Waals surface area contributed by atoms with Crippen LogP contribution in [0.4, 0.5) is 0 Å². The van der Waals surface area contributed by atoms with Crippen LogP contribution >= 0.6 is 0 Å². The zero-order valence-corrected chi connectivity index (χ0v) is 11.3. The van der Waals surface area contributed by atoms with E-state index in [-0.39, 0.29) is 23.3 Å². The van der Waals surface area contributed by atoms with Gasteiger partial charge in [-0.15, -0.1) is 0 Å². The van der Waals surface area contributed by atoms with Crippen LogP contribution in [0.2, 0.25) is 0 Å². The molecule has 16 heavy (non-hydrogen) atoms. The van der Waals surface area contributed by atoms with Crippen molar-refractivity contribution in [3.05, 3.63) is 0 Å². The fraction of sp³-hybridized carbons (Fsp3) is 0.923. The molecule has 0 unspecified atom stereocenters. The summed E-state index contributed by atoms with van der Waals surface area (Å²) in [7, 11) is 0. The highest BCUT2D eigenvalue weighted by atomic mass is 16.6. The summed E-state index contributed by atoms with van der Waals surface area (Å²) in [6, 6.07) is 0.147. The second-order valence-corrected chi connectivity index (χ2v) is 6.61. The summed E-state index contributed by atoms with van der Waals surface area (Å²) >= 11 is 0. The van der Waals surface area contributed by atoms with Crippen molar-refractivity contribution in [2.24, 2.45) is 23.0 Å². The maximum atomic E-state index is 12.0. The van der Waals surface area contributed by atoms with Crippen molar-refractivity contribution in [1.29, 1.82) is 0 Å². The summed E-state index contributed by atoms with van der Waals surface area (Å²) in [6.07, 6.45) is 0.861. The zero-order chi connectivity index (χ0) is 12.7. The number of carbonyl (C=O) groups excluding carboxylic acids is 1. The maximum Gasteiger partial charge on any atom is 0.310 e. The van der Waals surface area contributed by atoms with Crippen LogP contribution in [0.3, 0.4) is 0 Å². The van der Waals surface area contributed by atoms with Crippen LogP contribution in [0.15, 0.2) is 0 Å². The largest absolute Gasteiger partial charge is 0.460 e. The van der Waals surface area contributed by atoms with Gasteiger partial charge in [-0.25, -0.2) is 0 Å². The van der Waals surface area contributed by atoms with E-state index in [1.54, 1.807) is 0 Å². The minimum atomic E-state index is -0.396.